The number of nitrogens with zero attached hydrogens (tertiary/aromatic N) is 1. The van der Waals surface area contributed by atoms with Gasteiger partial charge in [0.1, 0.15) is 5.75 Å². The van der Waals surface area contributed by atoms with Crippen LogP contribution in [-0.4, -0.2) is 36.0 Å². The lowest BCUT2D eigenvalue weighted by molar-refractivity contribution is -0.135. The maximum atomic E-state index is 12.8. The van der Waals surface area contributed by atoms with Crippen LogP contribution in [0.5, 0.6) is 5.75 Å². The first-order valence-corrected chi connectivity index (χ1v) is 7.40. The molecule has 0 aliphatic heterocycles. The van der Waals surface area contributed by atoms with Gasteiger partial charge in [0.25, 0.3) is 0 Å². The molecule has 0 bridgehead atoms. The first-order chi connectivity index (χ1) is 9.95. The highest BCUT2D eigenvalue weighted by molar-refractivity contribution is 5.95. The second-order valence-corrected chi connectivity index (χ2v) is 5.72. The minimum atomic E-state index is -0.573. The number of aromatic nitrogens is 1. The maximum Gasteiger partial charge on any atom is 0.232 e. The first-order valence-electron chi connectivity index (χ1n) is 7.40. The van der Waals surface area contributed by atoms with Crippen molar-refractivity contribution in [3.8, 4) is 5.75 Å². The zero-order valence-corrected chi connectivity index (χ0v) is 13.5. The van der Waals surface area contributed by atoms with E-state index < -0.39 is 5.41 Å². The van der Waals surface area contributed by atoms with Crippen LogP contribution in [0.15, 0.2) is 24.4 Å². The molecule has 0 radical (unpaired) electrons. The smallest absolute Gasteiger partial charge is 0.232 e. The molecule has 0 aliphatic rings. The average molecular weight is 288 g/mol. The molecule has 4 heteroatoms. The number of amides is 1. The van der Waals surface area contributed by atoms with Crippen molar-refractivity contribution in [3.63, 3.8) is 0 Å². The summed E-state index contributed by atoms with van der Waals surface area (Å²) in [4.78, 5) is 17.9. The van der Waals surface area contributed by atoms with Gasteiger partial charge in [-0.05, 0) is 51.5 Å². The van der Waals surface area contributed by atoms with E-state index in [0.717, 1.165) is 35.3 Å². The van der Waals surface area contributed by atoms with Crippen LogP contribution in [0.4, 0.5) is 0 Å². The van der Waals surface area contributed by atoms with Gasteiger partial charge < -0.3 is 14.6 Å². The molecule has 2 aromatic rings. The molecule has 1 heterocycles. The van der Waals surface area contributed by atoms with E-state index in [2.05, 4.69) is 4.98 Å². The largest absolute Gasteiger partial charge is 0.497 e. The highest BCUT2D eigenvalue weighted by Gasteiger charge is 2.34. The van der Waals surface area contributed by atoms with Crippen molar-refractivity contribution >= 4 is 16.8 Å². The van der Waals surface area contributed by atoms with Crippen molar-refractivity contribution in [2.75, 3.05) is 20.2 Å². The van der Waals surface area contributed by atoms with E-state index in [9.17, 15) is 4.79 Å². The van der Waals surface area contributed by atoms with Crippen LogP contribution in [0.25, 0.3) is 10.9 Å². The fourth-order valence-electron chi connectivity index (χ4n) is 2.77. The molecule has 114 valence electrons. The Hall–Kier alpha value is -1.97. The SMILES string of the molecule is CCN(CC)C(=O)C(C)(C)c1c[nH]c2ccc(OC)cc12. The molecule has 0 aliphatic carbocycles. The summed E-state index contributed by atoms with van der Waals surface area (Å²) in [6.45, 7) is 9.44. The third-order valence-electron chi connectivity index (χ3n) is 4.15. The zero-order chi connectivity index (χ0) is 15.6. The number of methoxy groups -OCH3 is 1. The number of hydrogen-bond donors (Lipinski definition) is 1. The van der Waals surface area contributed by atoms with E-state index >= 15 is 0 Å². The van der Waals surface area contributed by atoms with Crippen LogP contribution in [-0.2, 0) is 10.2 Å². The number of H-pyrrole nitrogens is 1. The lowest BCUT2D eigenvalue weighted by Gasteiger charge is -2.30. The number of aromatic amines is 1. The molecule has 1 N–H and O–H groups in total. The molecule has 1 aromatic heterocycles. The maximum absolute atomic E-state index is 12.8. The first kappa shape index (κ1) is 15.4. The fraction of sp³-hybridized carbons (Fsp3) is 0.471. The Morgan fingerprint density at radius 2 is 1.95 bits per heavy atom. The summed E-state index contributed by atoms with van der Waals surface area (Å²) in [5.41, 5.74) is 1.45. The van der Waals surface area contributed by atoms with Gasteiger partial charge in [0, 0.05) is 30.2 Å². The summed E-state index contributed by atoms with van der Waals surface area (Å²) in [6, 6.07) is 5.88. The topological polar surface area (TPSA) is 45.3 Å². The second-order valence-electron chi connectivity index (χ2n) is 5.72. The van der Waals surface area contributed by atoms with Gasteiger partial charge in [0.05, 0.1) is 12.5 Å². The molecule has 1 amide bonds. The van der Waals surface area contributed by atoms with E-state index in [1.54, 1.807) is 7.11 Å². The van der Waals surface area contributed by atoms with Crippen LogP contribution < -0.4 is 4.74 Å². The van der Waals surface area contributed by atoms with Crippen LogP contribution in [0.1, 0.15) is 33.3 Å². The van der Waals surface area contributed by atoms with Crippen molar-refractivity contribution in [3.05, 3.63) is 30.0 Å². The van der Waals surface area contributed by atoms with E-state index in [1.807, 2.05) is 57.0 Å². The number of carbonyl (C=O) groups excluding carboxylic acids is 1. The highest BCUT2D eigenvalue weighted by atomic mass is 16.5. The van der Waals surface area contributed by atoms with Crippen molar-refractivity contribution in [2.45, 2.75) is 33.1 Å². The molecule has 0 fully saturated rings. The molecule has 0 unspecified atom stereocenters. The molecule has 2 rings (SSSR count). The molecule has 21 heavy (non-hydrogen) atoms. The Kier molecular flexibility index (Phi) is 4.26. The minimum absolute atomic E-state index is 0.149. The van der Waals surface area contributed by atoms with Crippen molar-refractivity contribution in [2.24, 2.45) is 0 Å². The van der Waals surface area contributed by atoms with Crippen molar-refractivity contribution < 1.29 is 9.53 Å². The Morgan fingerprint density at radius 3 is 2.52 bits per heavy atom. The van der Waals surface area contributed by atoms with Gasteiger partial charge >= 0.3 is 0 Å². The number of nitrogens with one attached hydrogen (secondary N) is 1. The molecule has 0 atom stereocenters. The molecule has 0 saturated heterocycles. The summed E-state index contributed by atoms with van der Waals surface area (Å²) in [6.07, 6.45) is 1.94. The molecular formula is C17H24N2O2. The number of rotatable bonds is 5. The van der Waals surface area contributed by atoms with Gasteiger partial charge in [-0.3, -0.25) is 4.79 Å². The molecular weight excluding hydrogens is 264 g/mol. The molecule has 0 saturated carbocycles. The Morgan fingerprint density at radius 1 is 1.29 bits per heavy atom. The van der Waals surface area contributed by atoms with Gasteiger partial charge in [0.2, 0.25) is 5.91 Å². The van der Waals surface area contributed by atoms with Crippen molar-refractivity contribution in [1.29, 1.82) is 0 Å². The number of likely N-dealkylation sites (N-methyl/N-ethyl adjacent to an activating group) is 1. The Labute approximate surface area is 126 Å². The molecule has 1 aromatic carbocycles. The van der Waals surface area contributed by atoms with Gasteiger partial charge in [-0.1, -0.05) is 0 Å². The number of carbonyl (C=O) groups is 1. The second kappa shape index (κ2) is 5.80. The summed E-state index contributed by atoms with van der Waals surface area (Å²) < 4.78 is 5.30. The average Bonchev–Trinajstić information content (AvgIpc) is 2.91. The lowest BCUT2D eigenvalue weighted by Crippen LogP contribution is -2.43. The van der Waals surface area contributed by atoms with Crippen LogP contribution in [0, 0.1) is 0 Å². The minimum Gasteiger partial charge on any atom is -0.497 e. The predicted octanol–water partition coefficient (Wildman–Crippen LogP) is 3.32. The summed E-state index contributed by atoms with van der Waals surface area (Å²) in [5, 5.41) is 1.04. The number of fused-ring (bicyclic) bond motifs is 1. The van der Waals surface area contributed by atoms with E-state index in [0.29, 0.717) is 0 Å². The van der Waals surface area contributed by atoms with Crippen LogP contribution in [0.2, 0.25) is 0 Å². The zero-order valence-electron chi connectivity index (χ0n) is 13.5. The Balaban J connectivity index is 2.51. The lowest BCUT2D eigenvalue weighted by atomic mass is 9.83. The summed E-state index contributed by atoms with van der Waals surface area (Å²) in [7, 11) is 1.65. The molecule has 0 spiro atoms. The quantitative estimate of drug-likeness (QED) is 0.917. The van der Waals surface area contributed by atoms with E-state index in [-0.39, 0.29) is 5.91 Å². The highest BCUT2D eigenvalue weighted by Crippen LogP contribution is 2.33. The van der Waals surface area contributed by atoms with Crippen LogP contribution in [0.3, 0.4) is 0 Å². The van der Waals surface area contributed by atoms with E-state index in [4.69, 9.17) is 4.74 Å². The number of ether oxygens (including phenoxy) is 1. The predicted molar refractivity (Wildman–Crippen MR) is 85.8 cm³/mol. The summed E-state index contributed by atoms with van der Waals surface area (Å²) >= 11 is 0. The monoisotopic (exact) mass is 288 g/mol. The normalized spacial score (nSPS) is 11.7. The third-order valence-corrected chi connectivity index (χ3v) is 4.15. The Bertz CT molecular complexity index is 639. The van der Waals surface area contributed by atoms with Gasteiger partial charge in [-0.25, -0.2) is 0 Å². The summed E-state index contributed by atoms with van der Waals surface area (Å²) in [5.74, 6) is 0.950. The van der Waals surface area contributed by atoms with Crippen molar-refractivity contribution in [1.82, 2.24) is 9.88 Å². The molecule has 4 nitrogen and oxygen atoms in total. The van der Waals surface area contributed by atoms with Gasteiger partial charge in [0.15, 0.2) is 0 Å². The standard InChI is InChI=1S/C17H24N2O2/c1-6-19(7-2)16(20)17(3,4)14-11-18-15-9-8-12(21-5)10-13(14)15/h8-11,18H,6-7H2,1-5H3. The number of hydrogen-bond acceptors (Lipinski definition) is 2. The van der Waals surface area contributed by atoms with Gasteiger partial charge in [-0.2, -0.15) is 0 Å². The van der Waals surface area contributed by atoms with E-state index in [1.165, 1.54) is 0 Å². The van der Waals surface area contributed by atoms with Gasteiger partial charge in [-0.15, -0.1) is 0 Å². The third kappa shape index (κ3) is 2.62. The fourth-order valence-corrected chi connectivity index (χ4v) is 2.77. The van der Waals surface area contributed by atoms with Crippen LogP contribution >= 0.6 is 0 Å². The number of benzene rings is 1.